The van der Waals surface area contributed by atoms with E-state index in [4.69, 9.17) is 34.8 Å². The summed E-state index contributed by atoms with van der Waals surface area (Å²) in [6.07, 6.45) is 1.37. The van der Waals surface area contributed by atoms with Gasteiger partial charge in [-0.3, -0.25) is 13.9 Å². The molecule has 1 unspecified atom stereocenters. The van der Waals surface area contributed by atoms with E-state index in [1.165, 1.54) is 9.21 Å². The lowest BCUT2D eigenvalue weighted by Gasteiger charge is -2.32. The molecule has 2 aromatic rings. The number of nitrogens with zero attached hydrogens (tertiary/aromatic N) is 2. The van der Waals surface area contributed by atoms with E-state index in [1.54, 1.807) is 49.4 Å². The van der Waals surface area contributed by atoms with E-state index in [2.05, 4.69) is 5.32 Å². The van der Waals surface area contributed by atoms with Gasteiger partial charge in [0.2, 0.25) is 21.8 Å². The third-order valence-corrected chi connectivity index (χ3v) is 7.42. The number of nitrogens with one attached hydrogen (secondary N) is 1. The Bertz CT molecular complexity index is 1200. The van der Waals surface area contributed by atoms with Gasteiger partial charge in [-0.1, -0.05) is 46.9 Å². The molecule has 0 saturated carbocycles. The minimum absolute atomic E-state index is 0.0288. The average Bonchev–Trinajstić information content (AvgIpc) is 2.74. The first-order valence-corrected chi connectivity index (χ1v) is 14.4. The number of halogens is 3. The van der Waals surface area contributed by atoms with Crippen molar-refractivity contribution in [3.63, 3.8) is 0 Å². The van der Waals surface area contributed by atoms with Gasteiger partial charge in [0.25, 0.3) is 0 Å². The summed E-state index contributed by atoms with van der Waals surface area (Å²) in [5.41, 5.74) is 0.657. The molecule has 2 amide bonds. The molecule has 2 rings (SSSR count). The largest absolute Gasteiger partial charge is 0.350 e. The van der Waals surface area contributed by atoms with Crippen LogP contribution in [-0.2, 0) is 26.2 Å². The normalized spacial score (nSPS) is 12.7. The monoisotopic (exact) mass is 575 g/mol. The first kappa shape index (κ1) is 30.2. The van der Waals surface area contributed by atoms with Crippen molar-refractivity contribution in [3.05, 3.63) is 63.1 Å². The van der Waals surface area contributed by atoms with Crippen molar-refractivity contribution in [3.8, 4) is 0 Å². The van der Waals surface area contributed by atoms with Crippen molar-refractivity contribution in [1.29, 1.82) is 0 Å². The molecule has 7 nitrogen and oxygen atoms in total. The average molecular weight is 577 g/mol. The molecule has 0 bridgehead atoms. The van der Waals surface area contributed by atoms with Crippen molar-refractivity contribution in [2.75, 3.05) is 17.1 Å². The molecule has 2 aromatic carbocycles. The van der Waals surface area contributed by atoms with Crippen LogP contribution in [0.25, 0.3) is 0 Å². The van der Waals surface area contributed by atoms with Crippen LogP contribution in [0.3, 0.4) is 0 Å². The molecule has 0 heterocycles. The fourth-order valence-corrected chi connectivity index (χ4v) is 4.99. The van der Waals surface area contributed by atoms with E-state index in [0.29, 0.717) is 26.3 Å². The summed E-state index contributed by atoms with van der Waals surface area (Å²) in [4.78, 5) is 27.7. The van der Waals surface area contributed by atoms with Gasteiger partial charge in [-0.05, 0) is 70.0 Å². The lowest BCUT2D eigenvalue weighted by Crippen LogP contribution is -2.52. The molecule has 0 aliphatic carbocycles. The van der Waals surface area contributed by atoms with Crippen LogP contribution in [-0.4, -0.2) is 49.5 Å². The van der Waals surface area contributed by atoms with Crippen LogP contribution in [0.1, 0.15) is 46.1 Å². The predicted molar refractivity (Wildman–Crippen MR) is 147 cm³/mol. The second-order valence-electron chi connectivity index (χ2n) is 9.60. The summed E-state index contributed by atoms with van der Waals surface area (Å²) in [6, 6.07) is 10.8. The molecule has 0 fully saturated rings. The Balaban J connectivity index is 2.22. The quantitative estimate of drug-likeness (QED) is 0.403. The molecule has 1 N–H and O–H groups in total. The molecule has 0 aliphatic heterocycles. The van der Waals surface area contributed by atoms with Gasteiger partial charge in [0.1, 0.15) is 6.04 Å². The molecule has 0 aliphatic rings. The zero-order chi connectivity index (χ0) is 27.3. The first-order valence-electron chi connectivity index (χ1n) is 11.4. The van der Waals surface area contributed by atoms with Gasteiger partial charge < -0.3 is 10.2 Å². The van der Waals surface area contributed by atoms with Crippen molar-refractivity contribution in [2.45, 2.75) is 58.7 Å². The molecule has 1 atom stereocenters. The van der Waals surface area contributed by atoms with Gasteiger partial charge in [0, 0.05) is 30.1 Å². The van der Waals surface area contributed by atoms with Crippen molar-refractivity contribution in [1.82, 2.24) is 10.2 Å². The van der Waals surface area contributed by atoms with Crippen molar-refractivity contribution in [2.24, 2.45) is 0 Å². The molecule has 0 radical (unpaired) electrons. The Labute approximate surface area is 228 Å². The number of rotatable bonds is 10. The second kappa shape index (κ2) is 12.5. The maximum Gasteiger partial charge on any atom is 0.242 e. The molecule has 0 aromatic heterocycles. The van der Waals surface area contributed by atoms with Crippen LogP contribution in [0.15, 0.2) is 42.5 Å². The Morgan fingerprint density at radius 1 is 1.03 bits per heavy atom. The summed E-state index contributed by atoms with van der Waals surface area (Å²) in [5, 5.41) is 4.04. The van der Waals surface area contributed by atoms with Crippen LogP contribution >= 0.6 is 34.8 Å². The Morgan fingerprint density at radius 3 is 2.25 bits per heavy atom. The topological polar surface area (TPSA) is 86.8 Å². The van der Waals surface area contributed by atoms with Crippen molar-refractivity contribution < 1.29 is 18.0 Å². The number of hydrogen-bond acceptors (Lipinski definition) is 4. The SMILES string of the molecule is CC(C(=O)NC(C)(C)C)N(Cc1ccc(Cl)c(Cl)c1)C(=O)CCCN(c1cccc(Cl)c1)S(C)(=O)=O. The van der Waals surface area contributed by atoms with Crippen LogP contribution in [0.2, 0.25) is 15.1 Å². The predicted octanol–water partition coefficient (Wildman–Crippen LogP) is 5.53. The Hall–Kier alpha value is -2.00. The summed E-state index contributed by atoms with van der Waals surface area (Å²) in [5.74, 6) is -0.593. The fourth-order valence-electron chi connectivity index (χ4n) is 3.53. The van der Waals surface area contributed by atoms with Crippen LogP contribution in [0.5, 0.6) is 0 Å². The minimum atomic E-state index is -3.60. The van der Waals surface area contributed by atoms with E-state index in [1.807, 2.05) is 20.8 Å². The van der Waals surface area contributed by atoms with E-state index in [0.717, 1.165) is 6.26 Å². The standard InChI is InChI=1S/C25H32Cl3N3O4S/c1-17(24(33)29-25(2,3)4)30(16-18-11-12-21(27)22(28)14-18)23(32)10-7-13-31(36(5,34)35)20-9-6-8-19(26)15-20/h6,8-9,11-12,14-15,17H,7,10,13,16H2,1-5H3,(H,29,33). The fraction of sp³-hybridized carbons (Fsp3) is 0.440. The molecular formula is C25H32Cl3N3O4S. The highest BCUT2D eigenvalue weighted by Gasteiger charge is 2.28. The first-order chi connectivity index (χ1) is 16.6. The number of benzene rings is 2. The highest BCUT2D eigenvalue weighted by molar-refractivity contribution is 7.92. The lowest BCUT2D eigenvalue weighted by atomic mass is 10.1. The van der Waals surface area contributed by atoms with Gasteiger partial charge in [0.05, 0.1) is 22.0 Å². The third kappa shape index (κ3) is 9.14. The number of carbonyl (C=O) groups is 2. The summed E-state index contributed by atoms with van der Waals surface area (Å²) >= 11 is 18.2. The highest BCUT2D eigenvalue weighted by Crippen LogP contribution is 2.25. The lowest BCUT2D eigenvalue weighted by molar-refractivity contribution is -0.141. The van der Waals surface area contributed by atoms with E-state index >= 15 is 0 Å². The Morgan fingerprint density at radius 2 is 1.69 bits per heavy atom. The van der Waals surface area contributed by atoms with Crippen LogP contribution in [0, 0.1) is 0 Å². The summed E-state index contributed by atoms with van der Waals surface area (Å²) < 4.78 is 26.0. The molecule has 0 saturated heterocycles. The zero-order valence-electron chi connectivity index (χ0n) is 21.0. The zero-order valence-corrected chi connectivity index (χ0v) is 24.1. The summed E-state index contributed by atoms with van der Waals surface area (Å²) in [7, 11) is -3.60. The van der Waals surface area contributed by atoms with Gasteiger partial charge >= 0.3 is 0 Å². The van der Waals surface area contributed by atoms with E-state index in [9.17, 15) is 18.0 Å². The number of carbonyl (C=O) groups excluding carboxylic acids is 2. The van der Waals surface area contributed by atoms with Crippen LogP contribution < -0.4 is 9.62 Å². The molecule has 11 heteroatoms. The molecule has 36 heavy (non-hydrogen) atoms. The molecule has 198 valence electrons. The molecular weight excluding hydrogens is 545 g/mol. The van der Waals surface area contributed by atoms with Crippen molar-refractivity contribution >= 4 is 62.3 Å². The van der Waals surface area contributed by atoms with Gasteiger partial charge in [-0.2, -0.15) is 0 Å². The third-order valence-electron chi connectivity index (χ3n) is 5.25. The maximum absolute atomic E-state index is 13.3. The number of hydrogen-bond donors (Lipinski definition) is 1. The maximum atomic E-state index is 13.3. The van der Waals surface area contributed by atoms with E-state index in [-0.39, 0.29) is 37.7 Å². The number of sulfonamides is 1. The van der Waals surface area contributed by atoms with E-state index < -0.39 is 21.6 Å². The second-order valence-corrected chi connectivity index (χ2v) is 12.8. The number of anilines is 1. The number of amides is 2. The highest BCUT2D eigenvalue weighted by atomic mass is 35.5. The van der Waals surface area contributed by atoms with Crippen LogP contribution in [0.4, 0.5) is 5.69 Å². The van der Waals surface area contributed by atoms with Gasteiger partial charge in [-0.15, -0.1) is 0 Å². The minimum Gasteiger partial charge on any atom is -0.350 e. The summed E-state index contributed by atoms with van der Waals surface area (Å²) in [6.45, 7) is 7.45. The van der Waals surface area contributed by atoms with Gasteiger partial charge in [0.15, 0.2) is 0 Å². The Kier molecular flexibility index (Phi) is 10.5. The molecule has 0 spiro atoms. The smallest absolute Gasteiger partial charge is 0.242 e. The van der Waals surface area contributed by atoms with Gasteiger partial charge in [-0.25, -0.2) is 8.42 Å².